The lowest BCUT2D eigenvalue weighted by atomic mass is 10.1. The number of hydrogen-bond acceptors (Lipinski definition) is 5. The van der Waals surface area contributed by atoms with Gasteiger partial charge in [-0.15, -0.1) is 0 Å². The zero-order chi connectivity index (χ0) is 25.9. The SMILES string of the molecule is COc1ccc(Cn2ncc3c(Cl)cc(CC(=O)Nc4ccnc(C(=O)NC(C)(C)C)c4)cc32)cc1. The third-order valence-electron chi connectivity index (χ3n) is 5.39. The fourth-order valence-electron chi connectivity index (χ4n) is 3.75. The molecule has 4 aromatic rings. The van der Waals surface area contributed by atoms with Crippen LogP contribution in [0, 0.1) is 0 Å². The molecule has 4 rings (SSSR count). The maximum absolute atomic E-state index is 12.8. The highest BCUT2D eigenvalue weighted by atomic mass is 35.5. The zero-order valence-electron chi connectivity index (χ0n) is 20.6. The number of methoxy groups -OCH3 is 1. The summed E-state index contributed by atoms with van der Waals surface area (Å²) < 4.78 is 7.08. The first-order valence-corrected chi connectivity index (χ1v) is 11.8. The van der Waals surface area contributed by atoms with E-state index in [0.29, 0.717) is 17.3 Å². The number of hydrogen-bond donors (Lipinski definition) is 2. The number of nitrogens with one attached hydrogen (secondary N) is 2. The molecule has 2 N–H and O–H groups in total. The smallest absolute Gasteiger partial charge is 0.270 e. The van der Waals surface area contributed by atoms with E-state index in [1.54, 1.807) is 31.5 Å². The average Bonchev–Trinajstić information content (AvgIpc) is 3.21. The molecule has 0 bridgehead atoms. The first-order chi connectivity index (χ1) is 17.1. The van der Waals surface area contributed by atoms with Crippen LogP contribution in [0.2, 0.25) is 5.02 Å². The molecular formula is C27H28ClN5O3. The van der Waals surface area contributed by atoms with Crippen molar-refractivity contribution in [1.82, 2.24) is 20.1 Å². The second-order valence-corrected chi connectivity index (χ2v) is 9.93. The number of ether oxygens (including phenoxy) is 1. The van der Waals surface area contributed by atoms with E-state index in [1.807, 2.05) is 55.8 Å². The Bertz CT molecular complexity index is 1410. The lowest BCUT2D eigenvalue weighted by molar-refractivity contribution is -0.115. The van der Waals surface area contributed by atoms with Crippen molar-refractivity contribution < 1.29 is 14.3 Å². The van der Waals surface area contributed by atoms with Gasteiger partial charge in [0, 0.05) is 22.8 Å². The highest BCUT2D eigenvalue weighted by molar-refractivity contribution is 6.35. The fourth-order valence-corrected chi connectivity index (χ4v) is 4.03. The maximum atomic E-state index is 12.8. The lowest BCUT2D eigenvalue weighted by Crippen LogP contribution is -2.40. The third-order valence-corrected chi connectivity index (χ3v) is 5.71. The molecule has 2 aromatic carbocycles. The van der Waals surface area contributed by atoms with Gasteiger partial charge in [0.2, 0.25) is 5.91 Å². The number of aromatic nitrogens is 3. The highest BCUT2D eigenvalue weighted by Gasteiger charge is 2.17. The number of rotatable bonds is 7. The molecule has 0 aliphatic heterocycles. The summed E-state index contributed by atoms with van der Waals surface area (Å²) in [4.78, 5) is 29.3. The average molecular weight is 506 g/mol. The molecule has 0 unspecified atom stereocenters. The highest BCUT2D eigenvalue weighted by Crippen LogP contribution is 2.27. The topological polar surface area (TPSA) is 98.1 Å². The van der Waals surface area contributed by atoms with Gasteiger partial charge < -0.3 is 15.4 Å². The standard InChI is InChI=1S/C27H28ClN5O3/c1-27(2,3)32-26(35)23-14-19(9-10-29-23)31-25(34)13-18-11-22(28)21-15-30-33(24(21)12-18)16-17-5-7-20(36-4)8-6-17/h5-12,14-15H,13,16H2,1-4H3,(H,32,35)(H,29,31,34). The Hall–Kier alpha value is -3.91. The number of nitrogens with zero attached hydrogens (tertiary/aromatic N) is 3. The zero-order valence-corrected chi connectivity index (χ0v) is 21.4. The normalized spacial score (nSPS) is 11.4. The minimum absolute atomic E-state index is 0.106. The van der Waals surface area contributed by atoms with Crippen LogP contribution < -0.4 is 15.4 Å². The summed E-state index contributed by atoms with van der Waals surface area (Å²) in [5, 5.41) is 11.5. The van der Waals surface area contributed by atoms with E-state index in [4.69, 9.17) is 16.3 Å². The predicted octanol–water partition coefficient (Wildman–Crippen LogP) is 4.85. The van der Waals surface area contributed by atoms with Crippen LogP contribution in [-0.4, -0.2) is 39.2 Å². The van der Waals surface area contributed by atoms with Gasteiger partial charge in [-0.2, -0.15) is 5.10 Å². The van der Waals surface area contributed by atoms with Gasteiger partial charge in [0.05, 0.1) is 36.8 Å². The second-order valence-electron chi connectivity index (χ2n) is 9.52. The van der Waals surface area contributed by atoms with Gasteiger partial charge in [-0.3, -0.25) is 19.3 Å². The van der Waals surface area contributed by atoms with Gasteiger partial charge in [0.1, 0.15) is 11.4 Å². The molecule has 0 atom stereocenters. The molecule has 36 heavy (non-hydrogen) atoms. The monoisotopic (exact) mass is 505 g/mol. The Balaban J connectivity index is 1.49. The van der Waals surface area contributed by atoms with E-state index in [-0.39, 0.29) is 23.9 Å². The summed E-state index contributed by atoms with van der Waals surface area (Å²) in [7, 11) is 1.63. The van der Waals surface area contributed by atoms with E-state index in [2.05, 4.69) is 20.7 Å². The van der Waals surface area contributed by atoms with Gasteiger partial charge >= 0.3 is 0 Å². The molecule has 0 saturated heterocycles. The first-order valence-electron chi connectivity index (χ1n) is 11.5. The van der Waals surface area contributed by atoms with Crippen LogP contribution in [0.1, 0.15) is 42.4 Å². The first kappa shape index (κ1) is 25.2. The number of fused-ring (bicyclic) bond motifs is 1. The molecule has 0 spiro atoms. The Morgan fingerprint density at radius 3 is 2.50 bits per heavy atom. The Labute approximate surface area is 214 Å². The summed E-state index contributed by atoms with van der Waals surface area (Å²) >= 11 is 6.52. The fraction of sp³-hybridized carbons (Fsp3) is 0.259. The van der Waals surface area contributed by atoms with Crippen LogP contribution in [0.15, 0.2) is 60.9 Å². The van der Waals surface area contributed by atoms with Crippen molar-refractivity contribution in [3.8, 4) is 5.75 Å². The van der Waals surface area contributed by atoms with Crippen molar-refractivity contribution >= 4 is 40.0 Å². The lowest BCUT2D eigenvalue weighted by Gasteiger charge is -2.20. The predicted molar refractivity (Wildman–Crippen MR) is 141 cm³/mol. The summed E-state index contributed by atoms with van der Waals surface area (Å²) in [5.74, 6) is 0.248. The van der Waals surface area contributed by atoms with Crippen LogP contribution in [-0.2, 0) is 17.8 Å². The van der Waals surface area contributed by atoms with E-state index in [1.165, 1.54) is 6.20 Å². The molecule has 0 radical (unpaired) electrons. The van der Waals surface area contributed by atoms with Crippen molar-refractivity contribution in [1.29, 1.82) is 0 Å². The van der Waals surface area contributed by atoms with Crippen LogP contribution in [0.3, 0.4) is 0 Å². The largest absolute Gasteiger partial charge is 0.497 e. The quantitative estimate of drug-likeness (QED) is 0.374. The Morgan fingerprint density at radius 1 is 1.06 bits per heavy atom. The molecule has 186 valence electrons. The Kier molecular flexibility index (Phi) is 7.26. The number of benzene rings is 2. The van der Waals surface area contributed by atoms with E-state index < -0.39 is 5.54 Å². The number of halogens is 1. The molecular weight excluding hydrogens is 478 g/mol. The van der Waals surface area contributed by atoms with E-state index in [9.17, 15) is 9.59 Å². The number of carbonyl (C=O) groups is 2. The minimum Gasteiger partial charge on any atom is -0.497 e. The summed E-state index contributed by atoms with van der Waals surface area (Å²) in [6.07, 6.45) is 3.33. The van der Waals surface area contributed by atoms with Gasteiger partial charge in [-0.05, 0) is 68.3 Å². The van der Waals surface area contributed by atoms with E-state index >= 15 is 0 Å². The van der Waals surface area contributed by atoms with Gasteiger partial charge in [-0.1, -0.05) is 23.7 Å². The van der Waals surface area contributed by atoms with Crippen molar-refractivity contribution in [2.45, 2.75) is 39.3 Å². The number of anilines is 1. The van der Waals surface area contributed by atoms with Crippen LogP contribution >= 0.6 is 11.6 Å². The second kappa shape index (κ2) is 10.4. The van der Waals surface area contributed by atoms with Crippen molar-refractivity contribution in [2.24, 2.45) is 0 Å². The minimum atomic E-state index is -0.393. The van der Waals surface area contributed by atoms with Crippen LogP contribution in [0.25, 0.3) is 10.9 Å². The summed E-state index contributed by atoms with van der Waals surface area (Å²) in [6, 6.07) is 14.7. The molecule has 0 saturated carbocycles. The van der Waals surface area contributed by atoms with Crippen molar-refractivity contribution in [2.75, 3.05) is 12.4 Å². The van der Waals surface area contributed by atoms with Gasteiger partial charge in [-0.25, -0.2) is 0 Å². The summed E-state index contributed by atoms with van der Waals surface area (Å²) in [6.45, 7) is 6.22. The molecule has 0 aliphatic carbocycles. The van der Waals surface area contributed by atoms with Crippen molar-refractivity contribution in [3.63, 3.8) is 0 Å². The Morgan fingerprint density at radius 2 is 1.81 bits per heavy atom. The molecule has 2 amide bonds. The van der Waals surface area contributed by atoms with E-state index in [0.717, 1.165) is 27.8 Å². The number of carbonyl (C=O) groups excluding carboxylic acids is 2. The van der Waals surface area contributed by atoms with Crippen molar-refractivity contribution in [3.05, 3.63) is 82.8 Å². The summed E-state index contributed by atoms with van der Waals surface area (Å²) in [5.41, 5.74) is 2.98. The molecule has 0 fully saturated rings. The van der Waals surface area contributed by atoms with Gasteiger partial charge in [0.25, 0.3) is 5.91 Å². The third kappa shape index (κ3) is 6.20. The number of pyridine rings is 1. The molecule has 8 nitrogen and oxygen atoms in total. The molecule has 0 aliphatic rings. The van der Waals surface area contributed by atoms with Crippen LogP contribution in [0.4, 0.5) is 5.69 Å². The molecule has 9 heteroatoms. The molecule has 2 heterocycles. The molecule has 2 aromatic heterocycles. The van der Waals surface area contributed by atoms with Gasteiger partial charge in [0.15, 0.2) is 0 Å². The number of amides is 2. The van der Waals surface area contributed by atoms with Crippen LogP contribution in [0.5, 0.6) is 5.75 Å². The maximum Gasteiger partial charge on any atom is 0.270 e.